The topological polar surface area (TPSA) is 155 Å². The van der Waals surface area contributed by atoms with Gasteiger partial charge in [0.15, 0.2) is 0 Å². The van der Waals surface area contributed by atoms with E-state index in [4.69, 9.17) is 29.4 Å². The van der Waals surface area contributed by atoms with Crippen LogP contribution in [0.4, 0.5) is 0 Å². The normalized spacial score (nSPS) is 14.2. The molecule has 4 N–H and O–H groups in total. The molecule has 59 heavy (non-hydrogen) atoms. The lowest BCUT2D eigenvalue weighted by Gasteiger charge is -2.20. The smallest absolute Gasteiger partial charge is 0.472 e. The van der Waals surface area contributed by atoms with Crippen molar-refractivity contribution >= 4 is 19.8 Å². The van der Waals surface area contributed by atoms with Crippen LogP contribution in [0.15, 0.2) is 48.6 Å². The van der Waals surface area contributed by atoms with E-state index in [1.807, 2.05) is 0 Å². The third-order valence-corrected chi connectivity index (χ3v) is 11.1. The van der Waals surface area contributed by atoms with Crippen LogP contribution in [0.2, 0.25) is 0 Å². The quantitative estimate of drug-likeness (QED) is 0.0233. The fraction of sp³-hybridized carbons (Fsp3) is 0.792. The van der Waals surface area contributed by atoms with Gasteiger partial charge in [-0.15, -0.1) is 0 Å². The molecule has 10 nitrogen and oxygen atoms in total. The van der Waals surface area contributed by atoms with Gasteiger partial charge < -0.3 is 25.2 Å². The van der Waals surface area contributed by atoms with Gasteiger partial charge in [0.25, 0.3) is 0 Å². The third-order valence-electron chi connectivity index (χ3n) is 10.1. The van der Waals surface area contributed by atoms with Gasteiger partial charge in [0.2, 0.25) is 0 Å². The van der Waals surface area contributed by atoms with E-state index in [0.29, 0.717) is 13.0 Å². The van der Waals surface area contributed by atoms with E-state index in [-0.39, 0.29) is 13.0 Å². The predicted octanol–water partition coefficient (Wildman–Crippen LogP) is 13.4. The van der Waals surface area contributed by atoms with Gasteiger partial charge in [0.1, 0.15) is 12.1 Å². The first-order valence-corrected chi connectivity index (χ1v) is 25.2. The van der Waals surface area contributed by atoms with Crippen molar-refractivity contribution in [3.63, 3.8) is 0 Å². The number of unbranched alkanes of at least 4 members (excludes halogenated alkanes) is 23. The molecule has 0 aliphatic carbocycles. The molecule has 0 aliphatic rings. The molecular formula is C48H88NO9P. The minimum atomic E-state index is -4.62. The number of aliphatic carboxylic acids is 1. The molecule has 0 saturated carbocycles. The lowest BCUT2D eigenvalue weighted by molar-refractivity contribution is -0.154. The molecule has 0 rings (SSSR count). The highest BCUT2D eigenvalue weighted by Crippen LogP contribution is 2.43. The minimum absolute atomic E-state index is 0.0163. The molecule has 0 heterocycles. The molecule has 0 radical (unpaired) electrons. The van der Waals surface area contributed by atoms with Gasteiger partial charge in [0, 0.05) is 13.0 Å². The lowest BCUT2D eigenvalue weighted by atomic mass is 10.0. The molecule has 0 spiro atoms. The van der Waals surface area contributed by atoms with Crippen molar-refractivity contribution in [2.24, 2.45) is 5.73 Å². The van der Waals surface area contributed by atoms with Crippen LogP contribution in [-0.2, 0) is 32.7 Å². The molecule has 0 aromatic heterocycles. The Kier molecular flexibility index (Phi) is 42.5. The number of carboxylic acids is 1. The minimum Gasteiger partial charge on any atom is -0.480 e. The summed E-state index contributed by atoms with van der Waals surface area (Å²) in [7, 11) is -4.62. The molecule has 0 aromatic carbocycles. The fourth-order valence-electron chi connectivity index (χ4n) is 6.48. The Hall–Kier alpha value is -2.07. The zero-order chi connectivity index (χ0) is 43.3. The number of phosphoric ester groups is 1. The van der Waals surface area contributed by atoms with Crippen molar-refractivity contribution in [1.82, 2.24) is 0 Å². The lowest BCUT2D eigenvalue weighted by Crippen LogP contribution is -2.34. The largest absolute Gasteiger partial charge is 0.480 e. The number of esters is 1. The van der Waals surface area contributed by atoms with Crippen molar-refractivity contribution in [3.05, 3.63) is 48.6 Å². The highest BCUT2D eigenvalue weighted by Gasteiger charge is 2.27. The second-order valence-electron chi connectivity index (χ2n) is 15.9. The van der Waals surface area contributed by atoms with Gasteiger partial charge in [-0.05, 0) is 51.4 Å². The van der Waals surface area contributed by atoms with Gasteiger partial charge in [-0.1, -0.05) is 197 Å². The Morgan fingerprint density at radius 2 is 0.983 bits per heavy atom. The summed E-state index contributed by atoms with van der Waals surface area (Å²) >= 11 is 0. The standard InChI is InChI=1S/C48H88NO9P/c1-3-5-7-9-11-13-15-17-18-19-20-21-22-23-24-25-26-27-29-31-33-35-37-39-41-55-42-45(43-56-59(53,54)57-44-46(49)48(51)52)58-47(50)40-38-36-34-32-30-28-16-14-12-10-8-6-4-2/h5,7,11,13,17-18,20-21,45-46H,3-4,6,8-10,12,14-16,19,22-44,49H2,1-2H3,(H,51,52)(H,53,54)/b7-5-,13-11-,18-17-,21-20-. The van der Waals surface area contributed by atoms with Gasteiger partial charge in [0.05, 0.1) is 19.8 Å². The summed E-state index contributed by atoms with van der Waals surface area (Å²) in [6.07, 6.45) is 51.7. The maximum absolute atomic E-state index is 12.6. The maximum Gasteiger partial charge on any atom is 0.472 e. The molecule has 3 unspecified atom stereocenters. The van der Waals surface area contributed by atoms with Crippen LogP contribution in [0, 0.1) is 0 Å². The number of rotatable bonds is 45. The molecule has 344 valence electrons. The summed E-state index contributed by atoms with van der Waals surface area (Å²) in [4.78, 5) is 33.6. The fourth-order valence-corrected chi connectivity index (χ4v) is 7.26. The first-order valence-electron chi connectivity index (χ1n) is 23.7. The zero-order valence-corrected chi connectivity index (χ0v) is 38.5. The molecule has 11 heteroatoms. The van der Waals surface area contributed by atoms with Crippen LogP contribution in [0.25, 0.3) is 0 Å². The Morgan fingerprint density at radius 1 is 0.559 bits per heavy atom. The number of carbonyl (C=O) groups is 2. The van der Waals surface area contributed by atoms with E-state index in [1.54, 1.807) is 0 Å². The van der Waals surface area contributed by atoms with Crippen LogP contribution >= 0.6 is 7.82 Å². The summed E-state index contributed by atoms with van der Waals surface area (Å²) in [6.45, 7) is 3.78. The predicted molar refractivity (Wildman–Crippen MR) is 244 cm³/mol. The third kappa shape index (κ3) is 43.8. The van der Waals surface area contributed by atoms with Crippen molar-refractivity contribution < 1.29 is 42.7 Å². The van der Waals surface area contributed by atoms with Crippen LogP contribution in [0.1, 0.15) is 206 Å². The van der Waals surface area contributed by atoms with Crippen LogP contribution < -0.4 is 5.73 Å². The Labute approximate surface area is 360 Å². The molecule has 0 saturated heterocycles. The van der Waals surface area contributed by atoms with E-state index in [2.05, 4.69) is 62.5 Å². The highest BCUT2D eigenvalue weighted by atomic mass is 31.2. The van der Waals surface area contributed by atoms with Crippen molar-refractivity contribution in [2.75, 3.05) is 26.4 Å². The number of phosphoric acid groups is 1. The summed E-state index contributed by atoms with van der Waals surface area (Å²) in [5, 5.41) is 8.91. The number of hydrogen-bond acceptors (Lipinski definition) is 8. The molecule has 0 amide bonds. The molecule has 3 atom stereocenters. The molecule has 0 bridgehead atoms. The SMILES string of the molecule is CC/C=C\C/C=C\C/C=C\C/C=C\CCCCCCCCCCCCCOCC(COP(=O)(O)OCC(N)C(=O)O)OC(=O)CCCCCCCCCCCCCCC. The first kappa shape index (κ1) is 56.9. The van der Waals surface area contributed by atoms with Gasteiger partial charge in [-0.3, -0.25) is 18.6 Å². The molecular weight excluding hydrogens is 765 g/mol. The Bertz CT molecular complexity index is 1130. The first-order chi connectivity index (χ1) is 28.7. The van der Waals surface area contributed by atoms with Gasteiger partial charge in [-0.2, -0.15) is 0 Å². The van der Waals surface area contributed by atoms with E-state index < -0.39 is 45.1 Å². The van der Waals surface area contributed by atoms with Crippen LogP contribution in [0.5, 0.6) is 0 Å². The van der Waals surface area contributed by atoms with Crippen LogP contribution in [-0.4, -0.2) is 60.5 Å². The van der Waals surface area contributed by atoms with E-state index in [9.17, 15) is 19.0 Å². The zero-order valence-electron chi connectivity index (χ0n) is 37.6. The van der Waals surface area contributed by atoms with E-state index in [1.165, 1.54) is 122 Å². The monoisotopic (exact) mass is 854 g/mol. The molecule has 0 aliphatic heterocycles. The average molecular weight is 854 g/mol. The van der Waals surface area contributed by atoms with Crippen molar-refractivity contribution in [2.45, 2.75) is 219 Å². The van der Waals surface area contributed by atoms with Crippen LogP contribution in [0.3, 0.4) is 0 Å². The second kappa shape index (κ2) is 44.0. The number of allylic oxidation sites excluding steroid dienone is 8. The average Bonchev–Trinajstić information content (AvgIpc) is 3.21. The number of hydrogen-bond donors (Lipinski definition) is 3. The number of carbonyl (C=O) groups excluding carboxylic acids is 1. The number of nitrogens with two attached hydrogens (primary N) is 1. The summed E-state index contributed by atoms with van der Waals surface area (Å²) < 4.78 is 33.4. The Morgan fingerprint density at radius 3 is 1.47 bits per heavy atom. The Balaban J connectivity index is 4.11. The highest BCUT2D eigenvalue weighted by molar-refractivity contribution is 7.47. The number of ether oxygens (including phenoxy) is 2. The molecule has 0 fully saturated rings. The van der Waals surface area contributed by atoms with E-state index in [0.717, 1.165) is 57.8 Å². The van der Waals surface area contributed by atoms with Gasteiger partial charge in [-0.25, -0.2) is 4.57 Å². The molecule has 0 aromatic rings. The summed E-state index contributed by atoms with van der Waals surface area (Å²) in [5.74, 6) is -1.78. The summed E-state index contributed by atoms with van der Waals surface area (Å²) in [6, 6.07) is -1.47. The van der Waals surface area contributed by atoms with Crippen molar-refractivity contribution in [1.29, 1.82) is 0 Å². The van der Waals surface area contributed by atoms with Crippen molar-refractivity contribution in [3.8, 4) is 0 Å². The number of carboxylic acid groups (broad SMARTS) is 1. The second-order valence-corrected chi connectivity index (χ2v) is 17.3. The maximum atomic E-state index is 12.6. The summed E-state index contributed by atoms with van der Waals surface area (Å²) in [5.41, 5.74) is 5.36. The van der Waals surface area contributed by atoms with E-state index >= 15 is 0 Å². The van der Waals surface area contributed by atoms with Gasteiger partial charge >= 0.3 is 19.8 Å².